The van der Waals surface area contributed by atoms with Crippen molar-refractivity contribution in [2.75, 3.05) is 26.2 Å². The van der Waals surface area contributed by atoms with Crippen LogP contribution in [-0.2, 0) is 37.5 Å². The summed E-state index contributed by atoms with van der Waals surface area (Å²) < 4.78 is 0. The first-order valence-electron chi connectivity index (χ1n) is 5.37. The topological polar surface area (TPSA) is 34.4 Å². The summed E-state index contributed by atoms with van der Waals surface area (Å²) in [7, 11) is 0. The van der Waals surface area contributed by atoms with Crippen LogP contribution in [0.5, 0.6) is 0 Å². The second kappa shape index (κ2) is 7.47. The van der Waals surface area contributed by atoms with Crippen molar-refractivity contribution in [2.45, 2.75) is 31.1 Å². The smallest absolute Gasteiger partial charge is 0.192 e. The molecule has 0 amide bonds. The summed E-state index contributed by atoms with van der Waals surface area (Å²) in [6.07, 6.45) is 2.83. The van der Waals surface area contributed by atoms with Gasteiger partial charge < -0.3 is 12.7 Å². The van der Waals surface area contributed by atoms with E-state index in [0.717, 1.165) is 45.4 Å². The molecule has 2 saturated heterocycles. The molecule has 0 aromatic rings. The largest absolute Gasteiger partial charge is 0.662 e. The van der Waals surface area contributed by atoms with Gasteiger partial charge in [0.15, 0.2) is 5.12 Å². The fraction of sp³-hybridized carbons (Fsp3) is 0.818. The Labute approximate surface area is 128 Å². The Bertz CT molecular complexity index is 232. The van der Waals surface area contributed by atoms with E-state index in [-0.39, 0.29) is 45.0 Å². The molecule has 0 unspecified atom stereocenters. The van der Waals surface area contributed by atoms with E-state index in [0.29, 0.717) is 5.12 Å². The van der Waals surface area contributed by atoms with Gasteiger partial charge in [0.1, 0.15) is 0 Å². The van der Waals surface area contributed by atoms with E-state index >= 15 is 0 Å². The maximum absolute atomic E-state index is 11.5. The molecule has 1 radical (unpaired) electrons. The summed E-state index contributed by atoms with van der Waals surface area (Å²) in [6.45, 7) is 6.04. The summed E-state index contributed by atoms with van der Waals surface area (Å²) in [5, 5.41) is 4.74. The number of carbonyl (C=O) groups is 1. The Morgan fingerprint density at radius 1 is 1.44 bits per heavy atom. The third-order valence-electron chi connectivity index (χ3n) is 3.17. The minimum Gasteiger partial charge on any atom is -0.662 e. The maximum atomic E-state index is 11.5. The van der Waals surface area contributed by atoms with Gasteiger partial charge in [-0.2, -0.15) is 0 Å². The first kappa shape index (κ1) is 17.0. The van der Waals surface area contributed by atoms with Crippen LogP contribution in [-0.4, -0.2) is 41.1 Å². The van der Waals surface area contributed by atoms with Gasteiger partial charge in [0, 0.05) is 45.7 Å². The van der Waals surface area contributed by atoms with Gasteiger partial charge in [-0.15, -0.1) is 13.1 Å². The zero-order valence-corrected chi connectivity index (χ0v) is 13.9. The van der Waals surface area contributed by atoms with E-state index in [2.05, 4.69) is 17.1 Å². The van der Waals surface area contributed by atoms with Gasteiger partial charge in [-0.1, -0.05) is 18.7 Å². The molecule has 16 heavy (non-hydrogen) atoms. The van der Waals surface area contributed by atoms with Crippen molar-refractivity contribution < 1.29 is 37.5 Å². The standard InChI is InChI=1S/C10H17N2OS.CH3.Y/c1-2-12-8-3-9(13)14-10(12)4-6-11-7-5-10;;/h2-8H2,1H3;1H3;/q2*-1;. The van der Waals surface area contributed by atoms with Gasteiger partial charge in [0.05, 0.1) is 4.87 Å². The van der Waals surface area contributed by atoms with Gasteiger partial charge in [-0.05, 0) is 19.4 Å². The molecule has 0 aromatic carbocycles. The first-order chi connectivity index (χ1) is 6.77. The average Bonchev–Trinajstić information content (AvgIpc) is 2.19. The van der Waals surface area contributed by atoms with Crippen LogP contribution in [0.1, 0.15) is 26.2 Å². The molecule has 0 saturated carbocycles. The van der Waals surface area contributed by atoms with Crippen molar-refractivity contribution in [1.82, 2.24) is 4.90 Å². The van der Waals surface area contributed by atoms with Crippen LogP contribution >= 0.6 is 11.8 Å². The number of carbonyl (C=O) groups excluding carboxylic acids is 1. The fourth-order valence-electron chi connectivity index (χ4n) is 2.37. The van der Waals surface area contributed by atoms with Crippen molar-refractivity contribution in [3.8, 4) is 0 Å². The van der Waals surface area contributed by atoms with Crippen LogP contribution in [0.15, 0.2) is 0 Å². The SMILES string of the molecule is CCN1CCC(=O)SC12CC[N-]CC2.[CH3-].[Y]. The van der Waals surface area contributed by atoms with Crippen LogP contribution in [0.4, 0.5) is 0 Å². The number of nitrogens with zero attached hydrogens (tertiary/aromatic N) is 2. The predicted molar refractivity (Wildman–Crippen MR) is 65.9 cm³/mol. The van der Waals surface area contributed by atoms with Crippen LogP contribution in [0.25, 0.3) is 5.32 Å². The van der Waals surface area contributed by atoms with Gasteiger partial charge in [-0.25, -0.2) is 0 Å². The minimum absolute atomic E-state index is 0. The number of thioether (sulfide) groups is 1. The normalized spacial score (nSPS) is 24.7. The molecule has 0 atom stereocenters. The molecule has 2 aliphatic heterocycles. The summed E-state index contributed by atoms with van der Waals surface area (Å²) in [6, 6.07) is 0. The molecule has 1 spiro atoms. The Morgan fingerprint density at radius 3 is 2.62 bits per heavy atom. The first-order valence-corrected chi connectivity index (χ1v) is 6.19. The molecular formula is C11H20N2OSY-2. The van der Waals surface area contributed by atoms with Crippen molar-refractivity contribution in [1.29, 1.82) is 0 Å². The number of hydrogen-bond acceptors (Lipinski definition) is 3. The number of rotatable bonds is 1. The van der Waals surface area contributed by atoms with Gasteiger partial charge in [0.25, 0.3) is 0 Å². The van der Waals surface area contributed by atoms with Crippen molar-refractivity contribution in [3.63, 3.8) is 0 Å². The summed E-state index contributed by atoms with van der Waals surface area (Å²) in [5.41, 5.74) is 0. The third kappa shape index (κ3) is 3.52. The van der Waals surface area contributed by atoms with Crippen LogP contribution in [0, 0.1) is 7.43 Å². The molecule has 0 aromatic heterocycles. The van der Waals surface area contributed by atoms with Crippen LogP contribution in [0.3, 0.4) is 0 Å². The second-order valence-electron chi connectivity index (χ2n) is 3.92. The molecule has 2 fully saturated rings. The molecular weight excluding hydrogens is 297 g/mol. The Morgan fingerprint density at radius 2 is 2.06 bits per heavy atom. The Balaban J connectivity index is 0.00000112. The van der Waals surface area contributed by atoms with Crippen molar-refractivity contribution >= 4 is 16.9 Å². The summed E-state index contributed by atoms with van der Waals surface area (Å²) in [4.78, 5) is 14.1. The van der Waals surface area contributed by atoms with Crippen molar-refractivity contribution in [2.24, 2.45) is 0 Å². The summed E-state index contributed by atoms with van der Waals surface area (Å²) in [5.74, 6) is 0. The predicted octanol–water partition coefficient (Wildman–Crippen LogP) is 2.28. The zero-order chi connectivity index (χ0) is 10.0. The van der Waals surface area contributed by atoms with Crippen molar-refractivity contribution in [3.05, 3.63) is 12.7 Å². The average molecular weight is 317 g/mol. The van der Waals surface area contributed by atoms with Crippen LogP contribution in [0.2, 0.25) is 0 Å². The molecule has 0 bridgehead atoms. The van der Waals surface area contributed by atoms with E-state index in [1.54, 1.807) is 11.8 Å². The monoisotopic (exact) mass is 317 g/mol. The fourth-order valence-corrected chi connectivity index (χ4v) is 3.72. The summed E-state index contributed by atoms with van der Waals surface area (Å²) >= 11 is 1.57. The zero-order valence-electron chi connectivity index (χ0n) is 10.2. The molecule has 2 heterocycles. The van der Waals surface area contributed by atoms with Crippen LogP contribution < -0.4 is 0 Å². The van der Waals surface area contributed by atoms with E-state index < -0.39 is 0 Å². The van der Waals surface area contributed by atoms with E-state index in [9.17, 15) is 4.79 Å². The van der Waals surface area contributed by atoms with Gasteiger partial charge >= 0.3 is 0 Å². The van der Waals surface area contributed by atoms with Gasteiger partial charge in [0.2, 0.25) is 0 Å². The van der Waals surface area contributed by atoms with Gasteiger partial charge in [-0.3, -0.25) is 9.69 Å². The van der Waals surface area contributed by atoms with E-state index in [1.807, 2.05) is 0 Å². The molecule has 3 nitrogen and oxygen atoms in total. The molecule has 2 rings (SSSR count). The maximum Gasteiger partial charge on any atom is 0.192 e. The number of hydrogen-bond donors (Lipinski definition) is 0. The molecule has 0 aliphatic carbocycles. The Kier molecular flexibility index (Phi) is 7.96. The quantitative estimate of drug-likeness (QED) is 0.696. The molecule has 91 valence electrons. The van der Waals surface area contributed by atoms with E-state index in [1.165, 1.54) is 0 Å². The number of piperidine rings is 1. The second-order valence-corrected chi connectivity index (χ2v) is 5.34. The Hall–Kier alpha value is 1.04. The molecule has 0 N–H and O–H groups in total. The molecule has 2 aliphatic rings. The third-order valence-corrected chi connectivity index (χ3v) is 4.65. The van der Waals surface area contributed by atoms with E-state index in [4.69, 9.17) is 0 Å². The minimum atomic E-state index is 0. The molecule has 5 heteroatoms.